The number of anilines is 1. The SMILES string of the molecule is CC(C)Oc1ccc(NC(=O)C(C)(N)c2ccc(Br)cc2)cc1. The Kier molecular flexibility index (Phi) is 5.44. The van der Waals surface area contributed by atoms with Crippen LogP contribution >= 0.6 is 15.9 Å². The van der Waals surface area contributed by atoms with Gasteiger partial charge in [-0.3, -0.25) is 4.79 Å². The molecule has 0 saturated heterocycles. The van der Waals surface area contributed by atoms with Gasteiger partial charge in [0.1, 0.15) is 11.3 Å². The average Bonchev–Trinajstić information content (AvgIpc) is 2.49. The minimum atomic E-state index is -1.12. The number of amides is 1. The lowest BCUT2D eigenvalue weighted by atomic mass is 9.92. The fourth-order valence-electron chi connectivity index (χ4n) is 2.08. The molecule has 2 aromatic rings. The Morgan fingerprint density at radius 2 is 1.70 bits per heavy atom. The van der Waals surface area contributed by atoms with E-state index in [1.165, 1.54) is 0 Å². The molecule has 3 N–H and O–H groups in total. The predicted octanol–water partition coefficient (Wildman–Crippen LogP) is 4.05. The number of carbonyl (C=O) groups excluding carboxylic acids is 1. The summed E-state index contributed by atoms with van der Waals surface area (Å²) in [5.41, 5.74) is 6.53. The molecule has 1 unspecified atom stereocenters. The maximum atomic E-state index is 12.5. The molecule has 0 aromatic heterocycles. The summed E-state index contributed by atoms with van der Waals surface area (Å²) in [5, 5.41) is 2.84. The third-order valence-corrected chi connectivity index (χ3v) is 3.93. The van der Waals surface area contributed by atoms with Gasteiger partial charge in [0, 0.05) is 10.2 Å². The molecule has 23 heavy (non-hydrogen) atoms. The van der Waals surface area contributed by atoms with E-state index in [9.17, 15) is 4.79 Å². The van der Waals surface area contributed by atoms with Crippen LogP contribution < -0.4 is 15.8 Å². The smallest absolute Gasteiger partial charge is 0.248 e. The molecule has 5 heteroatoms. The van der Waals surface area contributed by atoms with Gasteiger partial charge >= 0.3 is 0 Å². The van der Waals surface area contributed by atoms with Crippen molar-refractivity contribution < 1.29 is 9.53 Å². The van der Waals surface area contributed by atoms with E-state index in [0.717, 1.165) is 15.8 Å². The average molecular weight is 377 g/mol. The quantitative estimate of drug-likeness (QED) is 0.826. The van der Waals surface area contributed by atoms with Crippen LogP contribution in [0.2, 0.25) is 0 Å². The summed E-state index contributed by atoms with van der Waals surface area (Å²) >= 11 is 3.37. The first-order valence-corrected chi connectivity index (χ1v) is 8.21. The Hall–Kier alpha value is -1.85. The van der Waals surface area contributed by atoms with Gasteiger partial charge in [0.2, 0.25) is 5.91 Å². The summed E-state index contributed by atoms with van der Waals surface area (Å²) in [5.74, 6) is 0.499. The highest BCUT2D eigenvalue weighted by Gasteiger charge is 2.30. The standard InChI is InChI=1S/C18H21BrN2O2/c1-12(2)23-16-10-8-15(9-11-16)21-17(22)18(3,20)13-4-6-14(19)7-5-13/h4-12H,20H2,1-3H3,(H,21,22). The van der Waals surface area contributed by atoms with Gasteiger partial charge in [-0.15, -0.1) is 0 Å². The van der Waals surface area contributed by atoms with Crippen molar-refractivity contribution in [1.82, 2.24) is 0 Å². The van der Waals surface area contributed by atoms with Crippen molar-refractivity contribution >= 4 is 27.5 Å². The Bertz CT molecular complexity index is 664. The topological polar surface area (TPSA) is 64.3 Å². The van der Waals surface area contributed by atoms with Gasteiger partial charge in [-0.25, -0.2) is 0 Å². The molecule has 122 valence electrons. The van der Waals surface area contributed by atoms with Gasteiger partial charge in [0.05, 0.1) is 6.10 Å². The number of halogens is 1. The number of rotatable bonds is 5. The first-order valence-electron chi connectivity index (χ1n) is 7.42. The number of nitrogens with one attached hydrogen (secondary N) is 1. The molecule has 0 radical (unpaired) electrons. The lowest BCUT2D eigenvalue weighted by Crippen LogP contribution is -2.45. The Morgan fingerprint density at radius 1 is 1.13 bits per heavy atom. The minimum Gasteiger partial charge on any atom is -0.491 e. The molecule has 0 bridgehead atoms. The van der Waals surface area contributed by atoms with Crippen LogP contribution in [0, 0.1) is 0 Å². The first kappa shape index (κ1) is 17.5. The molecule has 0 spiro atoms. The van der Waals surface area contributed by atoms with Crippen LogP contribution in [-0.4, -0.2) is 12.0 Å². The molecule has 0 aliphatic heterocycles. The lowest BCUT2D eigenvalue weighted by Gasteiger charge is -2.24. The van der Waals surface area contributed by atoms with Gasteiger partial charge in [-0.2, -0.15) is 0 Å². The number of nitrogens with two attached hydrogens (primary N) is 1. The van der Waals surface area contributed by atoms with E-state index in [1.807, 2.05) is 50.2 Å². The Morgan fingerprint density at radius 3 is 2.22 bits per heavy atom. The van der Waals surface area contributed by atoms with Gasteiger partial charge < -0.3 is 15.8 Å². The largest absolute Gasteiger partial charge is 0.491 e. The molecule has 0 fully saturated rings. The van der Waals surface area contributed by atoms with Gasteiger partial charge in [-0.1, -0.05) is 28.1 Å². The summed E-state index contributed by atoms with van der Waals surface area (Å²) < 4.78 is 6.52. The van der Waals surface area contributed by atoms with Crippen LogP contribution in [0.15, 0.2) is 53.0 Å². The van der Waals surface area contributed by atoms with Crippen LogP contribution in [0.3, 0.4) is 0 Å². The highest BCUT2D eigenvalue weighted by Crippen LogP contribution is 2.23. The normalized spacial score (nSPS) is 13.5. The minimum absolute atomic E-state index is 0.111. The van der Waals surface area contributed by atoms with E-state index in [4.69, 9.17) is 10.5 Å². The van der Waals surface area contributed by atoms with Gasteiger partial charge in [0.25, 0.3) is 0 Å². The molecular weight excluding hydrogens is 356 g/mol. The van der Waals surface area contributed by atoms with Crippen LogP contribution in [-0.2, 0) is 10.3 Å². The maximum Gasteiger partial charge on any atom is 0.248 e. The molecule has 1 amide bonds. The second-order valence-corrected chi connectivity index (χ2v) is 6.77. The highest BCUT2D eigenvalue weighted by atomic mass is 79.9. The van der Waals surface area contributed by atoms with Crippen molar-refractivity contribution in [3.63, 3.8) is 0 Å². The number of carbonyl (C=O) groups is 1. The van der Waals surface area contributed by atoms with Crippen LogP contribution in [0.1, 0.15) is 26.3 Å². The molecule has 1 atom stereocenters. The van der Waals surface area contributed by atoms with Gasteiger partial charge in [-0.05, 0) is 62.7 Å². The molecule has 2 aromatic carbocycles. The lowest BCUT2D eigenvalue weighted by molar-refractivity contribution is -0.120. The molecule has 0 saturated carbocycles. The van der Waals surface area contributed by atoms with Crippen LogP contribution in [0.25, 0.3) is 0 Å². The zero-order valence-corrected chi connectivity index (χ0v) is 15.1. The van der Waals surface area contributed by atoms with Crippen molar-refractivity contribution in [2.24, 2.45) is 5.73 Å². The van der Waals surface area contributed by atoms with Crippen molar-refractivity contribution in [3.05, 3.63) is 58.6 Å². The molecule has 2 rings (SSSR count). The zero-order chi connectivity index (χ0) is 17.0. The van der Waals surface area contributed by atoms with Crippen molar-refractivity contribution in [2.45, 2.75) is 32.4 Å². The number of benzene rings is 2. The number of hydrogen-bond acceptors (Lipinski definition) is 3. The molecular formula is C18H21BrN2O2. The van der Waals surface area contributed by atoms with E-state index in [2.05, 4.69) is 21.2 Å². The molecule has 0 aliphatic carbocycles. The Labute approximate surface area is 145 Å². The monoisotopic (exact) mass is 376 g/mol. The fourth-order valence-corrected chi connectivity index (χ4v) is 2.34. The molecule has 4 nitrogen and oxygen atoms in total. The fraction of sp³-hybridized carbons (Fsp3) is 0.278. The number of ether oxygens (including phenoxy) is 1. The second kappa shape index (κ2) is 7.15. The highest BCUT2D eigenvalue weighted by molar-refractivity contribution is 9.10. The number of hydrogen-bond donors (Lipinski definition) is 2. The molecule has 0 heterocycles. The van der Waals surface area contributed by atoms with Gasteiger partial charge in [0.15, 0.2) is 0 Å². The van der Waals surface area contributed by atoms with Crippen LogP contribution in [0.5, 0.6) is 5.75 Å². The van der Waals surface area contributed by atoms with E-state index < -0.39 is 5.54 Å². The maximum absolute atomic E-state index is 12.5. The van der Waals surface area contributed by atoms with Crippen molar-refractivity contribution in [1.29, 1.82) is 0 Å². The Balaban J connectivity index is 2.09. The van der Waals surface area contributed by atoms with E-state index >= 15 is 0 Å². The zero-order valence-electron chi connectivity index (χ0n) is 13.5. The van der Waals surface area contributed by atoms with Crippen molar-refractivity contribution in [2.75, 3.05) is 5.32 Å². The second-order valence-electron chi connectivity index (χ2n) is 5.85. The summed E-state index contributed by atoms with van der Waals surface area (Å²) in [6.45, 7) is 5.63. The summed E-state index contributed by atoms with van der Waals surface area (Å²) in [7, 11) is 0. The third-order valence-electron chi connectivity index (χ3n) is 3.40. The van der Waals surface area contributed by atoms with Crippen molar-refractivity contribution in [3.8, 4) is 5.75 Å². The third kappa shape index (κ3) is 4.56. The predicted molar refractivity (Wildman–Crippen MR) is 96.5 cm³/mol. The molecule has 0 aliphatic rings. The summed E-state index contributed by atoms with van der Waals surface area (Å²) in [6, 6.07) is 14.6. The summed E-state index contributed by atoms with van der Waals surface area (Å²) in [6.07, 6.45) is 0.111. The van der Waals surface area contributed by atoms with Crippen LogP contribution in [0.4, 0.5) is 5.69 Å². The first-order chi connectivity index (χ1) is 10.8. The van der Waals surface area contributed by atoms with E-state index in [-0.39, 0.29) is 12.0 Å². The summed E-state index contributed by atoms with van der Waals surface area (Å²) in [4.78, 5) is 12.5. The van der Waals surface area contributed by atoms with E-state index in [1.54, 1.807) is 19.1 Å². The van der Waals surface area contributed by atoms with E-state index in [0.29, 0.717) is 5.69 Å².